The molecule has 0 fully saturated rings. The number of hydrogen-bond donors (Lipinski definition) is 1. The third-order valence-corrected chi connectivity index (χ3v) is 5.42. The molecule has 1 aromatic carbocycles. The van der Waals surface area contributed by atoms with Gasteiger partial charge in [0.15, 0.2) is 22.5 Å². The van der Waals surface area contributed by atoms with Crippen LogP contribution in [0.15, 0.2) is 46.9 Å². The van der Waals surface area contributed by atoms with Gasteiger partial charge in [-0.1, -0.05) is 30.0 Å². The molecule has 8 heteroatoms. The second-order valence-electron chi connectivity index (χ2n) is 5.23. The Morgan fingerprint density at radius 3 is 2.84 bits per heavy atom. The number of thioether (sulfide) groups is 1. The third-order valence-electron chi connectivity index (χ3n) is 3.45. The Kier molecular flexibility index (Phi) is 6.06. The Morgan fingerprint density at radius 2 is 2.12 bits per heavy atom. The van der Waals surface area contributed by atoms with Gasteiger partial charge in [0, 0.05) is 12.3 Å². The zero-order valence-electron chi connectivity index (χ0n) is 13.6. The van der Waals surface area contributed by atoms with Gasteiger partial charge >= 0.3 is 0 Å². The standard InChI is InChI=1S/C17H18FN3O2S2/c1-2-21-16(15-8-5-9-24-15)19-20-17(21)25-11-12(22)10-23-14-7-4-3-6-13(14)18/h3-9,12,22H,2,10-11H2,1H3/t12-/m1/s1. The molecule has 3 rings (SSSR count). The lowest BCUT2D eigenvalue weighted by atomic mass is 10.3. The van der Waals surface area contributed by atoms with Crippen LogP contribution in [0.3, 0.4) is 0 Å². The Balaban J connectivity index is 1.57. The number of benzene rings is 1. The number of hydrogen-bond acceptors (Lipinski definition) is 6. The number of aliphatic hydroxyl groups excluding tert-OH is 1. The van der Waals surface area contributed by atoms with E-state index in [1.54, 1.807) is 23.5 Å². The van der Waals surface area contributed by atoms with E-state index in [1.807, 2.05) is 29.0 Å². The Morgan fingerprint density at radius 1 is 1.28 bits per heavy atom. The first-order chi connectivity index (χ1) is 12.2. The van der Waals surface area contributed by atoms with Gasteiger partial charge in [-0.25, -0.2) is 4.39 Å². The van der Waals surface area contributed by atoms with Crippen LogP contribution in [0.25, 0.3) is 10.7 Å². The molecule has 2 heterocycles. The minimum absolute atomic E-state index is 0.0198. The van der Waals surface area contributed by atoms with Crippen molar-refractivity contribution in [2.75, 3.05) is 12.4 Å². The van der Waals surface area contributed by atoms with Gasteiger partial charge in [-0.15, -0.1) is 21.5 Å². The summed E-state index contributed by atoms with van der Waals surface area (Å²) in [6, 6.07) is 10.1. The van der Waals surface area contributed by atoms with Gasteiger partial charge in [0.1, 0.15) is 6.61 Å². The molecule has 3 aromatic rings. The Labute approximate surface area is 153 Å². The summed E-state index contributed by atoms with van der Waals surface area (Å²) in [7, 11) is 0. The number of aliphatic hydroxyl groups is 1. The van der Waals surface area contributed by atoms with Crippen molar-refractivity contribution in [3.8, 4) is 16.5 Å². The van der Waals surface area contributed by atoms with Crippen molar-refractivity contribution < 1.29 is 14.2 Å². The van der Waals surface area contributed by atoms with E-state index in [-0.39, 0.29) is 12.4 Å². The fraction of sp³-hybridized carbons (Fsp3) is 0.294. The highest BCUT2D eigenvalue weighted by Gasteiger charge is 2.16. The third kappa shape index (κ3) is 4.39. The summed E-state index contributed by atoms with van der Waals surface area (Å²) in [6.07, 6.45) is -0.739. The van der Waals surface area contributed by atoms with Crippen molar-refractivity contribution in [1.29, 1.82) is 0 Å². The molecule has 1 N–H and O–H groups in total. The van der Waals surface area contributed by atoms with Crippen molar-refractivity contribution in [3.05, 3.63) is 47.6 Å². The second-order valence-corrected chi connectivity index (χ2v) is 7.17. The van der Waals surface area contributed by atoms with Crippen LogP contribution in [0.1, 0.15) is 6.92 Å². The van der Waals surface area contributed by atoms with Crippen LogP contribution >= 0.6 is 23.1 Å². The van der Waals surface area contributed by atoms with Gasteiger partial charge in [0.05, 0.1) is 11.0 Å². The molecule has 0 amide bonds. The highest BCUT2D eigenvalue weighted by atomic mass is 32.2. The SMILES string of the molecule is CCn1c(SC[C@H](O)COc2ccccc2F)nnc1-c1cccs1. The normalized spacial score (nSPS) is 12.3. The molecule has 0 saturated heterocycles. The first-order valence-electron chi connectivity index (χ1n) is 7.84. The van der Waals surface area contributed by atoms with Gasteiger partial charge < -0.3 is 14.4 Å². The number of aromatic nitrogens is 3. The molecular weight excluding hydrogens is 361 g/mol. The number of nitrogens with zero attached hydrogens (tertiary/aromatic N) is 3. The molecule has 0 aliphatic heterocycles. The molecular formula is C17H18FN3O2S2. The van der Waals surface area contributed by atoms with E-state index in [0.29, 0.717) is 5.75 Å². The molecule has 0 aliphatic carbocycles. The maximum absolute atomic E-state index is 13.5. The van der Waals surface area contributed by atoms with Crippen LogP contribution in [-0.4, -0.2) is 38.3 Å². The number of thiophene rings is 1. The quantitative estimate of drug-likeness (QED) is 0.605. The average molecular weight is 379 g/mol. The summed E-state index contributed by atoms with van der Waals surface area (Å²) >= 11 is 3.02. The lowest BCUT2D eigenvalue weighted by Crippen LogP contribution is -2.20. The van der Waals surface area contributed by atoms with Crippen molar-refractivity contribution in [2.45, 2.75) is 24.7 Å². The van der Waals surface area contributed by atoms with Crippen LogP contribution in [0, 0.1) is 5.82 Å². The fourth-order valence-electron chi connectivity index (χ4n) is 2.24. The van der Waals surface area contributed by atoms with Crippen molar-refractivity contribution >= 4 is 23.1 Å². The Hall–Kier alpha value is -1.90. The van der Waals surface area contributed by atoms with E-state index >= 15 is 0 Å². The number of para-hydroxylation sites is 1. The highest BCUT2D eigenvalue weighted by Crippen LogP contribution is 2.27. The molecule has 0 unspecified atom stereocenters. The van der Waals surface area contributed by atoms with Gasteiger partial charge in [0.2, 0.25) is 0 Å². The van der Waals surface area contributed by atoms with Crippen LogP contribution in [0.5, 0.6) is 5.75 Å². The van der Waals surface area contributed by atoms with Crippen molar-refractivity contribution in [2.24, 2.45) is 0 Å². The molecule has 0 bridgehead atoms. The van der Waals surface area contributed by atoms with Crippen LogP contribution in [0.2, 0.25) is 0 Å². The largest absolute Gasteiger partial charge is 0.488 e. The van der Waals surface area contributed by atoms with Crippen molar-refractivity contribution in [3.63, 3.8) is 0 Å². The van der Waals surface area contributed by atoms with Gasteiger partial charge in [-0.2, -0.15) is 0 Å². The van der Waals surface area contributed by atoms with E-state index in [1.165, 1.54) is 23.9 Å². The van der Waals surface area contributed by atoms with Crippen molar-refractivity contribution in [1.82, 2.24) is 14.8 Å². The lowest BCUT2D eigenvalue weighted by Gasteiger charge is -2.12. The summed E-state index contributed by atoms with van der Waals surface area (Å²) in [4.78, 5) is 1.06. The van der Waals surface area contributed by atoms with E-state index in [0.717, 1.165) is 22.4 Å². The second kappa shape index (κ2) is 8.46. The number of halogens is 1. The van der Waals surface area contributed by atoms with Gasteiger partial charge in [-0.05, 0) is 30.5 Å². The first kappa shape index (κ1) is 17.9. The molecule has 0 saturated carbocycles. The molecule has 0 radical (unpaired) electrons. The predicted octanol–water partition coefficient (Wildman–Crippen LogP) is 3.70. The predicted molar refractivity (Wildman–Crippen MR) is 97.6 cm³/mol. The fourth-order valence-corrected chi connectivity index (χ4v) is 3.86. The van der Waals surface area contributed by atoms with E-state index in [4.69, 9.17) is 4.74 Å². The minimum atomic E-state index is -0.739. The number of rotatable bonds is 8. The van der Waals surface area contributed by atoms with E-state index in [2.05, 4.69) is 10.2 Å². The highest BCUT2D eigenvalue weighted by molar-refractivity contribution is 7.99. The summed E-state index contributed by atoms with van der Waals surface area (Å²) in [5.41, 5.74) is 0. The zero-order chi connectivity index (χ0) is 17.6. The smallest absolute Gasteiger partial charge is 0.191 e. The van der Waals surface area contributed by atoms with E-state index < -0.39 is 11.9 Å². The molecule has 0 spiro atoms. The molecule has 25 heavy (non-hydrogen) atoms. The maximum atomic E-state index is 13.5. The van der Waals surface area contributed by atoms with Crippen LogP contribution in [-0.2, 0) is 6.54 Å². The van der Waals surface area contributed by atoms with Gasteiger partial charge in [0.25, 0.3) is 0 Å². The minimum Gasteiger partial charge on any atom is -0.488 e. The molecule has 0 aliphatic rings. The Bertz CT molecular complexity index is 808. The summed E-state index contributed by atoms with van der Waals surface area (Å²) in [5.74, 6) is 0.922. The summed E-state index contributed by atoms with van der Waals surface area (Å²) < 4.78 is 20.8. The summed E-state index contributed by atoms with van der Waals surface area (Å²) in [6.45, 7) is 2.79. The van der Waals surface area contributed by atoms with Crippen LogP contribution < -0.4 is 4.74 Å². The molecule has 2 aromatic heterocycles. The summed E-state index contributed by atoms with van der Waals surface area (Å²) in [5, 5.41) is 21.3. The molecule has 1 atom stereocenters. The van der Waals surface area contributed by atoms with E-state index in [9.17, 15) is 9.50 Å². The first-order valence-corrected chi connectivity index (χ1v) is 9.70. The average Bonchev–Trinajstić information content (AvgIpc) is 3.28. The topological polar surface area (TPSA) is 60.2 Å². The number of ether oxygens (including phenoxy) is 1. The zero-order valence-corrected chi connectivity index (χ0v) is 15.3. The van der Waals surface area contributed by atoms with Gasteiger partial charge in [-0.3, -0.25) is 0 Å². The monoisotopic (exact) mass is 379 g/mol. The van der Waals surface area contributed by atoms with Crippen LogP contribution in [0.4, 0.5) is 4.39 Å². The lowest BCUT2D eigenvalue weighted by molar-refractivity contribution is 0.123. The maximum Gasteiger partial charge on any atom is 0.191 e. The molecule has 5 nitrogen and oxygen atoms in total. The molecule has 132 valence electrons.